The van der Waals surface area contributed by atoms with Crippen molar-refractivity contribution < 1.29 is 13.9 Å². The van der Waals surface area contributed by atoms with Gasteiger partial charge in [0, 0.05) is 17.4 Å². The molecule has 6 heteroatoms. The van der Waals surface area contributed by atoms with Gasteiger partial charge in [0.15, 0.2) is 0 Å². The van der Waals surface area contributed by atoms with Crippen LogP contribution in [0.15, 0.2) is 21.2 Å². The van der Waals surface area contributed by atoms with Crippen LogP contribution in [0.4, 0.5) is 0 Å². The molecule has 0 N–H and O–H groups in total. The molecule has 0 unspecified atom stereocenters. The molecule has 0 spiro atoms. The number of carbonyl (C=O) groups excluding carboxylic acids is 1. The van der Waals surface area contributed by atoms with Crippen LogP contribution in [0.5, 0.6) is 0 Å². The largest absolute Gasteiger partial charge is 0.462 e. The van der Waals surface area contributed by atoms with Crippen LogP contribution < -0.4 is 0 Å². The molecule has 3 atom stereocenters. The van der Waals surface area contributed by atoms with Gasteiger partial charge >= 0.3 is 5.97 Å². The Morgan fingerprint density at radius 2 is 2.24 bits per heavy atom. The van der Waals surface area contributed by atoms with E-state index in [1.165, 1.54) is 6.42 Å². The molecule has 0 aromatic carbocycles. The summed E-state index contributed by atoms with van der Waals surface area (Å²) in [5.41, 5.74) is 0.919. The first-order valence-corrected chi connectivity index (χ1v) is 10.0. The van der Waals surface area contributed by atoms with Crippen molar-refractivity contribution in [2.75, 3.05) is 0 Å². The minimum absolute atomic E-state index is 0.0419. The average Bonchev–Trinajstić information content (AvgIpc) is 3.24. The molecular weight excluding hydrogens is 336 g/mol. The minimum atomic E-state index is -0.167. The Morgan fingerprint density at radius 3 is 2.96 bits per heavy atom. The van der Waals surface area contributed by atoms with E-state index in [-0.39, 0.29) is 18.5 Å². The molecule has 0 bridgehead atoms. The van der Waals surface area contributed by atoms with Crippen LogP contribution in [0.3, 0.4) is 0 Å². The van der Waals surface area contributed by atoms with Gasteiger partial charge < -0.3 is 9.15 Å². The van der Waals surface area contributed by atoms with Crippen molar-refractivity contribution in [1.82, 2.24) is 10.2 Å². The third-order valence-corrected chi connectivity index (χ3v) is 5.71. The van der Waals surface area contributed by atoms with Crippen molar-refractivity contribution in [3.05, 3.63) is 22.7 Å². The van der Waals surface area contributed by atoms with Crippen LogP contribution in [0, 0.1) is 17.8 Å². The number of hydrogen-bond donors (Lipinski definition) is 0. The molecule has 0 saturated heterocycles. The Bertz CT molecular complexity index is 681. The number of hydrogen-bond acceptors (Lipinski definition) is 6. The molecule has 5 nitrogen and oxygen atoms in total. The number of ether oxygens (including phenoxy) is 1. The van der Waals surface area contributed by atoms with Crippen molar-refractivity contribution in [3.63, 3.8) is 0 Å². The highest BCUT2D eigenvalue weighted by Gasteiger charge is 2.33. The van der Waals surface area contributed by atoms with Gasteiger partial charge in [0.05, 0.1) is 6.42 Å². The van der Waals surface area contributed by atoms with Gasteiger partial charge in [0.2, 0.25) is 11.8 Å². The monoisotopic (exact) mass is 362 g/mol. The predicted octanol–water partition coefficient (Wildman–Crippen LogP) is 4.73. The molecule has 2 aromatic rings. The van der Waals surface area contributed by atoms with Gasteiger partial charge in [-0.25, -0.2) is 0 Å². The summed E-state index contributed by atoms with van der Waals surface area (Å²) in [5.74, 6) is 2.45. The zero-order valence-electron chi connectivity index (χ0n) is 15.1. The Morgan fingerprint density at radius 1 is 1.40 bits per heavy atom. The molecule has 1 fully saturated rings. The second kappa shape index (κ2) is 8.13. The lowest BCUT2D eigenvalue weighted by Gasteiger charge is -2.36. The first-order chi connectivity index (χ1) is 12.0. The minimum Gasteiger partial charge on any atom is -0.462 e. The highest BCUT2D eigenvalue weighted by molar-refractivity contribution is 7.08. The van der Waals surface area contributed by atoms with E-state index >= 15 is 0 Å². The van der Waals surface area contributed by atoms with Gasteiger partial charge in [-0.3, -0.25) is 4.79 Å². The maximum Gasteiger partial charge on any atom is 0.306 e. The summed E-state index contributed by atoms with van der Waals surface area (Å²) in [7, 11) is 0. The lowest BCUT2D eigenvalue weighted by atomic mass is 9.75. The first kappa shape index (κ1) is 18.1. The van der Waals surface area contributed by atoms with Crippen molar-refractivity contribution in [2.45, 2.75) is 59.0 Å². The standard InChI is InChI=1S/C19H26N2O3S/c1-12(2)15-5-4-13(3)10-16(15)23-18(22)7-6-17-20-21-19(24-17)14-8-9-25-11-14/h8-9,11-13,15-16H,4-7,10H2,1-3H3/t13-,15-,16+/m0/s1. The fraction of sp³-hybridized carbons (Fsp3) is 0.632. The summed E-state index contributed by atoms with van der Waals surface area (Å²) in [6.07, 6.45) is 4.08. The van der Waals surface area contributed by atoms with Gasteiger partial charge in [-0.2, -0.15) is 11.3 Å². The van der Waals surface area contributed by atoms with Gasteiger partial charge in [-0.15, -0.1) is 10.2 Å². The average molecular weight is 362 g/mol. The summed E-state index contributed by atoms with van der Waals surface area (Å²) in [5, 5.41) is 12.0. The number of nitrogens with zero attached hydrogens (tertiary/aromatic N) is 2. The van der Waals surface area contributed by atoms with Gasteiger partial charge in [0.1, 0.15) is 6.10 Å². The number of aryl methyl sites for hydroxylation is 1. The summed E-state index contributed by atoms with van der Waals surface area (Å²) in [6, 6.07) is 1.94. The summed E-state index contributed by atoms with van der Waals surface area (Å²) in [4.78, 5) is 12.3. The molecular formula is C19H26N2O3S. The Kier molecular flexibility index (Phi) is 5.89. The van der Waals surface area contributed by atoms with Crippen molar-refractivity contribution in [3.8, 4) is 11.5 Å². The van der Waals surface area contributed by atoms with Crippen LogP contribution in [-0.2, 0) is 16.0 Å². The molecule has 136 valence electrons. The van der Waals surface area contributed by atoms with Crippen molar-refractivity contribution in [2.24, 2.45) is 17.8 Å². The van der Waals surface area contributed by atoms with Crippen LogP contribution in [0.2, 0.25) is 0 Å². The van der Waals surface area contributed by atoms with E-state index in [1.807, 2.05) is 16.8 Å². The number of esters is 1. The highest BCUT2D eigenvalue weighted by atomic mass is 32.1. The molecule has 2 aromatic heterocycles. The Hall–Kier alpha value is -1.69. The van der Waals surface area contributed by atoms with Gasteiger partial charge in [-0.1, -0.05) is 27.2 Å². The van der Waals surface area contributed by atoms with E-state index in [0.717, 1.165) is 18.4 Å². The quantitative estimate of drug-likeness (QED) is 0.695. The first-order valence-electron chi connectivity index (χ1n) is 9.07. The number of carbonyl (C=O) groups is 1. The van der Waals surface area contributed by atoms with Crippen LogP contribution in [0.1, 0.15) is 52.3 Å². The molecule has 0 radical (unpaired) electrons. The van der Waals surface area contributed by atoms with Crippen molar-refractivity contribution >= 4 is 17.3 Å². The van der Waals surface area contributed by atoms with E-state index in [4.69, 9.17) is 9.15 Å². The third-order valence-electron chi connectivity index (χ3n) is 5.02. The molecule has 0 aliphatic heterocycles. The van der Waals surface area contributed by atoms with Crippen LogP contribution in [0.25, 0.3) is 11.5 Å². The summed E-state index contributed by atoms with van der Waals surface area (Å²) >= 11 is 1.58. The summed E-state index contributed by atoms with van der Waals surface area (Å²) < 4.78 is 11.4. The zero-order valence-corrected chi connectivity index (χ0v) is 15.9. The second-order valence-electron chi connectivity index (χ2n) is 7.37. The lowest BCUT2D eigenvalue weighted by Crippen LogP contribution is -2.35. The van der Waals surface area contributed by atoms with E-state index in [2.05, 4.69) is 31.0 Å². The molecule has 1 aliphatic rings. The molecule has 1 aliphatic carbocycles. The maximum absolute atomic E-state index is 12.3. The Labute approximate surface area is 152 Å². The third kappa shape index (κ3) is 4.69. The second-order valence-corrected chi connectivity index (χ2v) is 8.15. The van der Waals surface area contributed by atoms with E-state index in [0.29, 0.717) is 36.0 Å². The van der Waals surface area contributed by atoms with Crippen LogP contribution in [-0.4, -0.2) is 22.3 Å². The number of rotatable bonds is 6. The normalized spacial score (nSPS) is 23.8. The lowest BCUT2D eigenvalue weighted by molar-refractivity contribution is -0.156. The number of thiophene rings is 1. The fourth-order valence-corrected chi connectivity index (χ4v) is 4.17. The molecule has 25 heavy (non-hydrogen) atoms. The summed E-state index contributed by atoms with van der Waals surface area (Å²) in [6.45, 7) is 6.67. The number of aromatic nitrogens is 2. The van der Waals surface area contributed by atoms with E-state index in [1.54, 1.807) is 11.3 Å². The Balaban J connectivity index is 1.52. The van der Waals surface area contributed by atoms with Gasteiger partial charge in [0.25, 0.3) is 0 Å². The molecule has 0 amide bonds. The molecule has 3 rings (SSSR count). The maximum atomic E-state index is 12.3. The molecule has 2 heterocycles. The molecule has 1 saturated carbocycles. The SMILES string of the molecule is CC(C)[C@@H]1CC[C@H](C)C[C@H]1OC(=O)CCc1nnc(-c2ccsc2)o1. The van der Waals surface area contributed by atoms with E-state index in [9.17, 15) is 4.79 Å². The fourth-order valence-electron chi connectivity index (χ4n) is 3.54. The van der Waals surface area contributed by atoms with Crippen LogP contribution >= 0.6 is 11.3 Å². The zero-order chi connectivity index (χ0) is 17.8. The topological polar surface area (TPSA) is 65.2 Å². The predicted molar refractivity (Wildman–Crippen MR) is 97.2 cm³/mol. The van der Waals surface area contributed by atoms with E-state index < -0.39 is 0 Å². The highest BCUT2D eigenvalue weighted by Crippen LogP contribution is 2.35. The smallest absolute Gasteiger partial charge is 0.306 e. The van der Waals surface area contributed by atoms with Gasteiger partial charge in [-0.05, 0) is 42.0 Å². The van der Waals surface area contributed by atoms with Crippen molar-refractivity contribution in [1.29, 1.82) is 0 Å².